The number of aryl methyl sites for hydroxylation is 2. The van der Waals surface area contributed by atoms with Crippen LogP contribution in [-0.4, -0.2) is 29.7 Å². The summed E-state index contributed by atoms with van der Waals surface area (Å²) in [5, 5.41) is 14.7. The molecular formula is C13H16N4OS2. The van der Waals surface area contributed by atoms with E-state index in [0.717, 1.165) is 25.5 Å². The molecule has 1 aromatic heterocycles. The molecule has 0 aliphatic carbocycles. The lowest BCUT2D eigenvalue weighted by molar-refractivity contribution is -0.115. The van der Waals surface area contributed by atoms with Crippen LogP contribution in [0.5, 0.6) is 0 Å². The fraction of sp³-hybridized carbons (Fsp3) is 0.308. The van der Waals surface area contributed by atoms with Crippen molar-refractivity contribution >= 4 is 34.7 Å². The zero-order chi connectivity index (χ0) is 14.5. The quantitative estimate of drug-likeness (QED) is 0.888. The molecule has 0 aliphatic heterocycles. The van der Waals surface area contributed by atoms with Gasteiger partial charge in [0.25, 0.3) is 0 Å². The highest BCUT2D eigenvalue weighted by atomic mass is 32.2. The molecule has 20 heavy (non-hydrogen) atoms. The Hall–Kier alpha value is -1.44. The molecule has 1 heterocycles. The lowest BCUT2D eigenvalue weighted by Gasteiger charge is -2.09. The van der Waals surface area contributed by atoms with Crippen LogP contribution in [0.15, 0.2) is 27.4 Å². The molecule has 0 saturated heterocycles. The predicted octanol–water partition coefficient (Wildman–Crippen LogP) is 2.46. The van der Waals surface area contributed by atoms with E-state index in [9.17, 15) is 4.79 Å². The van der Waals surface area contributed by atoms with Gasteiger partial charge in [0.2, 0.25) is 5.91 Å². The van der Waals surface area contributed by atoms with E-state index in [2.05, 4.69) is 20.8 Å². The highest BCUT2D eigenvalue weighted by Crippen LogP contribution is 2.31. The van der Waals surface area contributed by atoms with Gasteiger partial charge in [0.05, 0.1) is 6.54 Å². The van der Waals surface area contributed by atoms with Gasteiger partial charge < -0.3 is 10.6 Å². The number of anilines is 1. The average Bonchev–Trinajstić information content (AvgIpc) is 2.78. The van der Waals surface area contributed by atoms with Crippen LogP contribution in [0, 0.1) is 13.8 Å². The molecular weight excluding hydrogens is 292 g/mol. The van der Waals surface area contributed by atoms with Crippen LogP contribution < -0.4 is 10.6 Å². The first kappa shape index (κ1) is 15.0. The van der Waals surface area contributed by atoms with Gasteiger partial charge in [-0.3, -0.25) is 4.79 Å². The summed E-state index contributed by atoms with van der Waals surface area (Å²) >= 11 is 3.15. The third-order valence-electron chi connectivity index (χ3n) is 2.52. The van der Waals surface area contributed by atoms with Crippen LogP contribution >= 0.6 is 23.1 Å². The second-order valence-corrected chi connectivity index (χ2v) is 6.75. The van der Waals surface area contributed by atoms with Crippen molar-refractivity contribution in [3.05, 3.63) is 28.8 Å². The Balaban J connectivity index is 2.07. The van der Waals surface area contributed by atoms with Gasteiger partial charge in [-0.15, -0.1) is 10.2 Å². The number of hydrogen-bond donors (Lipinski definition) is 2. The molecule has 0 unspecified atom stereocenters. The van der Waals surface area contributed by atoms with Gasteiger partial charge in [0.1, 0.15) is 5.01 Å². The van der Waals surface area contributed by atoms with Gasteiger partial charge >= 0.3 is 0 Å². The molecule has 0 spiro atoms. The Morgan fingerprint density at radius 3 is 2.75 bits per heavy atom. The zero-order valence-corrected chi connectivity index (χ0v) is 13.2. The molecule has 5 nitrogen and oxygen atoms in total. The van der Waals surface area contributed by atoms with Crippen LogP contribution in [0.25, 0.3) is 0 Å². The second kappa shape index (κ2) is 6.83. The van der Waals surface area contributed by atoms with Crippen molar-refractivity contribution in [2.45, 2.75) is 23.1 Å². The summed E-state index contributed by atoms with van der Waals surface area (Å²) in [6, 6.07) is 5.93. The third kappa shape index (κ3) is 4.03. The Kier molecular flexibility index (Phi) is 5.11. The van der Waals surface area contributed by atoms with Crippen molar-refractivity contribution in [3.63, 3.8) is 0 Å². The van der Waals surface area contributed by atoms with Crippen LogP contribution in [0.4, 0.5) is 5.69 Å². The number of carbonyl (C=O) groups is 1. The Labute approximate surface area is 126 Å². The fourth-order valence-corrected chi connectivity index (χ4v) is 3.50. The molecule has 2 aromatic rings. The van der Waals surface area contributed by atoms with Crippen molar-refractivity contribution in [2.75, 3.05) is 18.9 Å². The second-order valence-electron chi connectivity index (χ2n) is 4.24. The van der Waals surface area contributed by atoms with Gasteiger partial charge in [-0.25, -0.2) is 0 Å². The molecule has 0 saturated carbocycles. The minimum absolute atomic E-state index is 0.0456. The van der Waals surface area contributed by atoms with E-state index < -0.39 is 0 Å². The topological polar surface area (TPSA) is 66.9 Å². The number of likely N-dealkylation sites (N-methyl/N-ethyl adjacent to an activating group) is 1. The third-order valence-corrected chi connectivity index (χ3v) is 4.40. The van der Waals surface area contributed by atoms with Crippen LogP contribution in [0.3, 0.4) is 0 Å². The maximum Gasteiger partial charge on any atom is 0.238 e. The normalized spacial score (nSPS) is 10.6. The minimum atomic E-state index is -0.0456. The zero-order valence-electron chi connectivity index (χ0n) is 11.6. The summed E-state index contributed by atoms with van der Waals surface area (Å²) in [7, 11) is 1.75. The highest BCUT2D eigenvalue weighted by Gasteiger charge is 2.07. The summed E-state index contributed by atoms with van der Waals surface area (Å²) < 4.78 is 0.925. The van der Waals surface area contributed by atoms with Gasteiger partial charge in [-0.2, -0.15) is 0 Å². The molecule has 1 amide bonds. The van der Waals surface area contributed by atoms with Crippen LogP contribution in [-0.2, 0) is 4.79 Å². The maximum atomic E-state index is 11.5. The van der Waals surface area contributed by atoms with Crippen molar-refractivity contribution in [3.8, 4) is 0 Å². The summed E-state index contributed by atoms with van der Waals surface area (Å²) in [6.07, 6.45) is 0. The molecule has 7 heteroatoms. The molecule has 2 N–H and O–H groups in total. The maximum absolute atomic E-state index is 11.5. The molecule has 0 radical (unpaired) electrons. The van der Waals surface area contributed by atoms with Crippen LogP contribution in [0.1, 0.15) is 10.6 Å². The van der Waals surface area contributed by atoms with Crippen LogP contribution in [0.2, 0.25) is 0 Å². The lowest BCUT2D eigenvalue weighted by Crippen LogP contribution is -2.25. The van der Waals surface area contributed by atoms with E-state index in [1.54, 1.807) is 30.1 Å². The first-order valence-electron chi connectivity index (χ1n) is 6.11. The number of benzene rings is 1. The number of rotatable bonds is 5. The number of carbonyl (C=O) groups excluding carboxylic acids is 1. The molecule has 106 valence electrons. The number of nitrogens with one attached hydrogen (secondary N) is 2. The minimum Gasteiger partial charge on any atom is -0.325 e. The summed E-state index contributed by atoms with van der Waals surface area (Å²) in [4.78, 5) is 12.6. The molecule has 0 aliphatic rings. The monoisotopic (exact) mass is 308 g/mol. The smallest absolute Gasteiger partial charge is 0.238 e. The van der Waals surface area contributed by atoms with Gasteiger partial charge in [0.15, 0.2) is 4.34 Å². The largest absolute Gasteiger partial charge is 0.325 e. The first-order chi connectivity index (χ1) is 9.58. The van der Waals surface area contributed by atoms with E-state index in [0.29, 0.717) is 6.54 Å². The van der Waals surface area contributed by atoms with Gasteiger partial charge in [0, 0.05) is 10.6 Å². The molecule has 0 bridgehead atoms. The summed E-state index contributed by atoms with van der Waals surface area (Å²) in [5.41, 5.74) is 1.86. The lowest BCUT2D eigenvalue weighted by atomic mass is 10.2. The fourth-order valence-electron chi connectivity index (χ4n) is 1.62. The van der Waals surface area contributed by atoms with Crippen molar-refractivity contribution in [1.82, 2.24) is 15.5 Å². The first-order valence-corrected chi connectivity index (χ1v) is 7.75. The molecule has 0 atom stereocenters. The summed E-state index contributed by atoms with van der Waals surface area (Å²) in [6.45, 7) is 4.22. The highest BCUT2D eigenvalue weighted by molar-refractivity contribution is 8.01. The van der Waals surface area contributed by atoms with E-state index in [1.807, 2.05) is 32.0 Å². The SMILES string of the molecule is CNCC(=O)Nc1ccc(Sc2nnc(C)s2)cc1C. The number of amides is 1. The van der Waals surface area contributed by atoms with Gasteiger partial charge in [-0.1, -0.05) is 23.1 Å². The van der Waals surface area contributed by atoms with Gasteiger partial charge in [-0.05, 0) is 44.7 Å². The number of aromatic nitrogens is 2. The van der Waals surface area contributed by atoms with E-state index in [4.69, 9.17) is 0 Å². The average molecular weight is 308 g/mol. The Morgan fingerprint density at radius 1 is 1.35 bits per heavy atom. The van der Waals surface area contributed by atoms with E-state index in [-0.39, 0.29) is 5.91 Å². The number of nitrogens with zero attached hydrogens (tertiary/aromatic N) is 2. The van der Waals surface area contributed by atoms with Crippen molar-refractivity contribution < 1.29 is 4.79 Å². The molecule has 0 fully saturated rings. The molecule has 2 rings (SSSR count). The van der Waals surface area contributed by atoms with Crippen molar-refractivity contribution in [2.24, 2.45) is 0 Å². The van der Waals surface area contributed by atoms with E-state index in [1.165, 1.54) is 0 Å². The van der Waals surface area contributed by atoms with Crippen molar-refractivity contribution in [1.29, 1.82) is 0 Å². The standard InChI is InChI=1S/C13H16N4OS2/c1-8-6-10(20-13-17-16-9(2)19-13)4-5-11(8)15-12(18)7-14-3/h4-6,14H,7H2,1-3H3,(H,15,18). The van der Waals surface area contributed by atoms with E-state index >= 15 is 0 Å². The Morgan fingerprint density at radius 2 is 2.15 bits per heavy atom. The summed E-state index contributed by atoms with van der Waals surface area (Å²) in [5.74, 6) is -0.0456. The molecule has 1 aromatic carbocycles. The number of hydrogen-bond acceptors (Lipinski definition) is 6. The predicted molar refractivity (Wildman–Crippen MR) is 82.5 cm³/mol. The Bertz CT molecular complexity index is 612.